The molecule has 4 rings (SSSR count). The molecule has 0 saturated carbocycles. The standard InChI is InChI=1S/C20H22FN5O/c21-17-10-23-20(24-11-17)26-8-7-25-12-16(1-4-18(25)13-26)14-27-19-5-2-15(9-22)3-6-19/h2-3,5-6,10-11,16,18H,1,4,7-8,12-14H2/t16-,18+/m1/s1. The second kappa shape index (κ2) is 7.89. The van der Waals surface area contributed by atoms with E-state index in [9.17, 15) is 4.39 Å². The summed E-state index contributed by atoms with van der Waals surface area (Å²) in [5.74, 6) is 1.53. The first-order valence-electron chi connectivity index (χ1n) is 9.31. The van der Waals surface area contributed by atoms with E-state index in [1.54, 1.807) is 12.1 Å². The second-order valence-corrected chi connectivity index (χ2v) is 7.19. The van der Waals surface area contributed by atoms with Crippen molar-refractivity contribution >= 4 is 5.95 Å². The van der Waals surface area contributed by atoms with Gasteiger partial charge in [-0.2, -0.15) is 5.26 Å². The van der Waals surface area contributed by atoms with E-state index in [-0.39, 0.29) is 0 Å². The number of aromatic nitrogens is 2. The van der Waals surface area contributed by atoms with Gasteiger partial charge in [0.1, 0.15) is 5.75 Å². The summed E-state index contributed by atoms with van der Waals surface area (Å²) in [7, 11) is 0. The number of anilines is 1. The number of halogens is 1. The van der Waals surface area contributed by atoms with E-state index < -0.39 is 5.82 Å². The molecule has 2 aromatic rings. The van der Waals surface area contributed by atoms with Crippen LogP contribution in [0.3, 0.4) is 0 Å². The number of rotatable bonds is 4. The molecule has 0 unspecified atom stereocenters. The van der Waals surface area contributed by atoms with Crippen LogP contribution in [0.1, 0.15) is 18.4 Å². The predicted molar refractivity (Wildman–Crippen MR) is 98.9 cm³/mol. The highest BCUT2D eigenvalue weighted by Gasteiger charge is 2.33. The van der Waals surface area contributed by atoms with Crippen molar-refractivity contribution in [1.82, 2.24) is 14.9 Å². The lowest BCUT2D eigenvalue weighted by molar-refractivity contribution is 0.0725. The molecule has 0 amide bonds. The Balaban J connectivity index is 1.28. The molecule has 0 bridgehead atoms. The van der Waals surface area contributed by atoms with Gasteiger partial charge in [-0.3, -0.25) is 4.90 Å². The topological polar surface area (TPSA) is 65.3 Å². The van der Waals surface area contributed by atoms with Gasteiger partial charge < -0.3 is 9.64 Å². The number of nitrogens with zero attached hydrogens (tertiary/aromatic N) is 5. The Morgan fingerprint density at radius 2 is 1.89 bits per heavy atom. The van der Waals surface area contributed by atoms with Crippen LogP contribution in [0.25, 0.3) is 0 Å². The molecule has 6 nitrogen and oxygen atoms in total. The van der Waals surface area contributed by atoms with Crippen LogP contribution in [0.2, 0.25) is 0 Å². The highest BCUT2D eigenvalue weighted by Crippen LogP contribution is 2.27. The zero-order valence-electron chi connectivity index (χ0n) is 15.1. The summed E-state index contributed by atoms with van der Waals surface area (Å²) in [5.41, 5.74) is 0.644. The quantitative estimate of drug-likeness (QED) is 0.827. The lowest BCUT2D eigenvalue weighted by atomic mass is 9.91. The number of piperidine rings is 1. The Bertz CT molecular complexity index is 805. The van der Waals surface area contributed by atoms with Gasteiger partial charge >= 0.3 is 0 Å². The molecule has 2 aliphatic rings. The van der Waals surface area contributed by atoms with Crippen molar-refractivity contribution in [2.24, 2.45) is 5.92 Å². The fraction of sp³-hybridized carbons (Fsp3) is 0.450. The summed E-state index contributed by atoms with van der Waals surface area (Å²) in [6.45, 7) is 4.41. The summed E-state index contributed by atoms with van der Waals surface area (Å²) in [5, 5.41) is 8.85. The van der Waals surface area contributed by atoms with Crippen molar-refractivity contribution in [1.29, 1.82) is 5.26 Å². The summed E-state index contributed by atoms with van der Waals surface area (Å²) >= 11 is 0. The molecular weight excluding hydrogens is 345 g/mol. The molecule has 1 aromatic heterocycles. The van der Waals surface area contributed by atoms with Crippen LogP contribution in [-0.4, -0.2) is 53.7 Å². The van der Waals surface area contributed by atoms with Crippen LogP contribution in [0, 0.1) is 23.1 Å². The lowest BCUT2D eigenvalue weighted by Crippen LogP contribution is -2.57. The molecule has 27 heavy (non-hydrogen) atoms. The average Bonchev–Trinajstić information content (AvgIpc) is 2.72. The first-order chi connectivity index (χ1) is 13.2. The van der Waals surface area contributed by atoms with Gasteiger partial charge in [0.2, 0.25) is 5.95 Å². The number of hydrogen-bond donors (Lipinski definition) is 0. The first kappa shape index (κ1) is 17.7. The van der Waals surface area contributed by atoms with E-state index in [4.69, 9.17) is 10.00 Å². The molecule has 0 radical (unpaired) electrons. The third kappa shape index (κ3) is 4.17. The highest BCUT2D eigenvalue weighted by molar-refractivity contribution is 5.34. The highest BCUT2D eigenvalue weighted by atomic mass is 19.1. The third-order valence-electron chi connectivity index (χ3n) is 5.36. The van der Waals surface area contributed by atoms with Crippen molar-refractivity contribution < 1.29 is 9.13 Å². The summed E-state index contributed by atoms with van der Waals surface area (Å²) < 4.78 is 18.9. The van der Waals surface area contributed by atoms with E-state index >= 15 is 0 Å². The van der Waals surface area contributed by atoms with E-state index in [0.717, 1.165) is 44.8 Å². The number of benzene rings is 1. The van der Waals surface area contributed by atoms with Crippen molar-refractivity contribution in [3.05, 3.63) is 48.0 Å². The van der Waals surface area contributed by atoms with E-state index in [1.165, 1.54) is 12.4 Å². The van der Waals surface area contributed by atoms with Crippen LogP contribution in [0.4, 0.5) is 10.3 Å². The summed E-state index contributed by atoms with van der Waals surface area (Å²) in [6, 6.07) is 9.87. The normalized spacial score (nSPS) is 22.7. The number of piperazine rings is 1. The maximum Gasteiger partial charge on any atom is 0.225 e. The monoisotopic (exact) mass is 367 g/mol. The Hall–Kier alpha value is -2.72. The van der Waals surface area contributed by atoms with Gasteiger partial charge in [-0.15, -0.1) is 0 Å². The second-order valence-electron chi connectivity index (χ2n) is 7.19. The molecule has 1 aromatic carbocycles. The summed E-state index contributed by atoms with van der Waals surface area (Å²) in [6.07, 6.45) is 4.69. The molecule has 0 N–H and O–H groups in total. The number of ether oxygens (including phenoxy) is 1. The SMILES string of the molecule is N#Cc1ccc(OC[C@@H]2CC[C@H]3CN(c4ncc(F)cn4)CCN3C2)cc1. The molecule has 2 aliphatic heterocycles. The van der Waals surface area contributed by atoms with E-state index in [2.05, 4.69) is 25.8 Å². The molecule has 0 spiro atoms. The maximum atomic E-state index is 13.0. The Labute approximate surface area is 158 Å². The van der Waals surface area contributed by atoms with Crippen LogP contribution in [0.5, 0.6) is 5.75 Å². The molecule has 2 atom stereocenters. The summed E-state index contributed by atoms with van der Waals surface area (Å²) in [4.78, 5) is 12.9. The number of hydrogen-bond acceptors (Lipinski definition) is 6. The Kier molecular flexibility index (Phi) is 5.16. The van der Waals surface area contributed by atoms with Crippen LogP contribution >= 0.6 is 0 Å². The molecule has 7 heteroatoms. The fourth-order valence-corrected chi connectivity index (χ4v) is 3.88. The van der Waals surface area contributed by atoms with Crippen molar-refractivity contribution in [2.75, 3.05) is 37.7 Å². The maximum absolute atomic E-state index is 13.0. The zero-order valence-corrected chi connectivity index (χ0v) is 15.1. The van der Waals surface area contributed by atoms with Gasteiger partial charge in [0.25, 0.3) is 0 Å². The van der Waals surface area contributed by atoms with Crippen molar-refractivity contribution in [3.8, 4) is 11.8 Å². The lowest BCUT2D eigenvalue weighted by Gasteiger charge is -2.46. The predicted octanol–water partition coefficient (Wildman–Crippen LogP) is 2.47. The van der Waals surface area contributed by atoms with Gasteiger partial charge in [0.15, 0.2) is 5.82 Å². The van der Waals surface area contributed by atoms with Crippen LogP contribution in [-0.2, 0) is 0 Å². The minimum Gasteiger partial charge on any atom is -0.493 e. The number of fused-ring (bicyclic) bond motifs is 1. The van der Waals surface area contributed by atoms with Gasteiger partial charge in [-0.1, -0.05) is 0 Å². The van der Waals surface area contributed by atoms with Crippen LogP contribution in [0.15, 0.2) is 36.7 Å². The zero-order chi connectivity index (χ0) is 18.6. The fourth-order valence-electron chi connectivity index (χ4n) is 3.88. The van der Waals surface area contributed by atoms with Crippen molar-refractivity contribution in [3.63, 3.8) is 0 Å². The molecule has 0 aliphatic carbocycles. The van der Waals surface area contributed by atoms with Gasteiger partial charge in [0.05, 0.1) is 30.6 Å². The van der Waals surface area contributed by atoms with E-state index in [1.807, 2.05) is 12.1 Å². The Morgan fingerprint density at radius 3 is 2.63 bits per heavy atom. The minimum atomic E-state index is -0.403. The molecule has 140 valence electrons. The van der Waals surface area contributed by atoms with Gasteiger partial charge in [0, 0.05) is 38.1 Å². The van der Waals surface area contributed by atoms with Gasteiger partial charge in [-0.25, -0.2) is 14.4 Å². The number of nitriles is 1. The average molecular weight is 367 g/mol. The van der Waals surface area contributed by atoms with Crippen molar-refractivity contribution in [2.45, 2.75) is 18.9 Å². The molecule has 2 saturated heterocycles. The first-order valence-corrected chi connectivity index (χ1v) is 9.31. The molecule has 2 fully saturated rings. The van der Waals surface area contributed by atoms with E-state index in [0.29, 0.717) is 30.1 Å². The Morgan fingerprint density at radius 1 is 1.11 bits per heavy atom. The molecular formula is C20H22FN5O. The smallest absolute Gasteiger partial charge is 0.225 e. The van der Waals surface area contributed by atoms with Crippen LogP contribution < -0.4 is 9.64 Å². The largest absolute Gasteiger partial charge is 0.493 e. The minimum absolute atomic E-state index is 0.403. The molecule has 3 heterocycles. The third-order valence-corrected chi connectivity index (χ3v) is 5.36. The van der Waals surface area contributed by atoms with Gasteiger partial charge in [-0.05, 0) is 37.1 Å².